The van der Waals surface area contributed by atoms with E-state index in [2.05, 4.69) is 27.4 Å². The predicted molar refractivity (Wildman–Crippen MR) is 96.6 cm³/mol. The zero-order valence-electron chi connectivity index (χ0n) is 14.2. The van der Waals surface area contributed by atoms with Crippen LogP contribution >= 0.6 is 11.3 Å². The van der Waals surface area contributed by atoms with E-state index >= 15 is 0 Å². The third-order valence-electron chi connectivity index (χ3n) is 4.61. The molecule has 1 aliphatic carbocycles. The normalized spacial score (nSPS) is 18.0. The maximum atomic E-state index is 12.2. The number of amides is 1. The lowest BCUT2D eigenvalue weighted by atomic mass is 9.90. The number of hydrogen-bond donors (Lipinski definition) is 2. The predicted octanol–water partition coefficient (Wildman–Crippen LogP) is 2.83. The average Bonchev–Trinajstić information content (AvgIpc) is 2.81. The van der Waals surface area contributed by atoms with E-state index in [1.807, 2.05) is 13.8 Å². The molecule has 1 amide bonds. The molecule has 1 fully saturated rings. The molecule has 7 heteroatoms. The molecule has 0 atom stereocenters. The van der Waals surface area contributed by atoms with Crippen LogP contribution in [0.15, 0.2) is 9.90 Å². The molecule has 0 radical (unpaired) electrons. The molecule has 128 valence electrons. The lowest BCUT2D eigenvalue weighted by Gasteiger charge is -2.18. The fourth-order valence-electron chi connectivity index (χ4n) is 2.92. The molecular formula is C17H22N4O2S. The lowest BCUT2D eigenvalue weighted by molar-refractivity contribution is -0.120. The van der Waals surface area contributed by atoms with Gasteiger partial charge in [-0.15, -0.1) is 11.3 Å². The Morgan fingerprint density at radius 2 is 2.08 bits per heavy atom. The zero-order chi connectivity index (χ0) is 17.3. The number of aromatic amines is 1. The van der Waals surface area contributed by atoms with Crippen molar-refractivity contribution >= 4 is 33.2 Å². The number of aryl methyl sites for hydroxylation is 2. The average molecular weight is 346 g/mol. The highest BCUT2D eigenvalue weighted by Gasteiger charge is 2.15. The number of H-pyrrole nitrogens is 1. The Bertz CT molecular complexity index is 855. The first kappa shape index (κ1) is 16.8. The van der Waals surface area contributed by atoms with E-state index in [1.165, 1.54) is 11.3 Å². The number of carbonyl (C=O) groups excluding carboxylic acids is 1. The third kappa shape index (κ3) is 3.56. The van der Waals surface area contributed by atoms with E-state index in [9.17, 15) is 9.59 Å². The Labute approximate surface area is 144 Å². The van der Waals surface area contributed by atoms with Gasteiger partial charge in [0.25, 0.3) is 5.56 Å². The van der Waals surface area contributed by atoms with Crippen molar-refractivity contribution in [2.45, 2.75) is 52.9 Å². The van der Waals surface area contributed by atoms with E-state index in [1.54, 1.807) is 0 Å². The van der Waals surface area contributed by atoms with Gasteiger partial charge in [-0.3, -0.25) is 9.59 Å². The molecule has 2 N–H and O–H groups in total. The van der Waals surface area contributed by atoms with Crippen molar-refractivity contribution in [1.29, 1.82) is 0 Å². The van der Waals surface area contributed by atoms with Gasteiger partial charge < -0.3 is 4.98 Å². The molecule has 1 aliphatic rings. The number of rotatable bonds is 3. The van der Waals surface area contributed by atoms with Crippen LogP contribution in [0.3, 0.4) is 0 Å². The van der Waals surface area contributed by atoms with Gasteiger partial charge in [-0.25, -0.2) is 10.4 Å². The molecule has 3 rings (SSSR count). The molecule has 0 aliphatic heterocycles. The van der Waals surface area contributed by atoms with Crippen molar-refractivity contribution in [3.8, 4) is 0 Å². The molecule has 2 heterocycles. The van der Waals surface area contributed by atoms with Crippen molar-refractivity contribution in [3.05, 3.63) is 26.6 Å². The Balaban J connectivity index is 1.69. The van der Waals surface area contributed by atoms with Gasteiger partial charge in [-0.05, 0) is 51.0 Å². The first-order valence-electron chi connectivity index (χ1n) is 8.27. The topological polar surface area (TPSA) is 87.2 Å². The van der Waals surface area contributed by atoms with Crippen LogP contribution in [0.25, 0.3) is 10.2 Å². The van der Waals surface area contributed by atoms with Crippen LogP contribution in [0.2, 0.25) is 0 Å². The first-order valence-corrected chi connectivity index (χ1v) is 9.09. The fraction of sp³-hybridized carbons (Fsp3) is 0.529. The Kier molecular flexibility index (Phi) is 4.80. The van der Waals surface area contributed by atoms with Gasteiger partial charge in [0, 0.05) is 10.6 Å². The Morgan fingerprint density at radius 3 is 2.79 bits per heavy atom. The molecule has 2 aromatic rings. The van der Waals surface area contributed by atoms with Crippen LogP contribution in [-0.4, -0.2) is 21.6 Å². The van der Waals surface area contributed by atoms with Gasteiger partial charge in [0.05, 0.1) is 11.8 Å². The smallest absolute Gasteiger partial charge is 0.259 e. The number of aromatic nitrogens is 2. The minimum absolute atomic E-state index is 0.0222. The highest BCUT2D eigenvalue weighted by atomic mass is 32.1. The van der Waals surface area contributed by atoms with E-state index in [0.717, 1.165) is 47.8 Å². The van der Waals surface area contributed by atoms with Gasteiger partial charge >= 0.3 is 0 Å². The zero-order valence-corrected chi connectivity index (χ0v) is 15.0. The number of hydrazone groups is 1. The van der Waals surface area contributed by atoms with Crippen LogP contribution < -0.4 is 11.0 Å². The standard InChI is InChI=1S/C17H22N4O2S/c1-9-4-6-12(7-5-9)20-21-14(22)8-13-18-16(23)15-10(2)11(3)24-17(15)19-13/h9H,4-8H2,1-3H3,(H,21,22)(H,18,19,23). The molecule has 24 heavy (non-hydrogen) atoms. The van der Waals surface area contributed by atoms with Crippen molar-refractivity contribution in [2.75, 3.05) is 0 Å². The van der Waals surface area contributed by atoms with E-state index in [0.29, 0.717) is 16.0 Å². The van der Waals surface area contributed by atoms with Crippen molar-refractivity contribution in [1.82, 2.24) is 15.4 Å². The second-order valence-corrected chi connectivity index (χ2v) is 7.75. The van der Waals surface area contributed by atoms with Crippen LogP contribution in [0.1, 0.15) is 48.9 Å². The van der Waals surface area contributed by atoms with Crippen LogP contribution in [0.5, 0.6) is 0 Å². The third-order valence-corrected chi connectivity index (χ3v) is 5.71. The SMILES string of the molecule is Cc1sc2nc(CC(=O)NN=C3CCC(C)CC3)[nH]c(=O)c2c1C. The van der Waals surface area contributed by atoms with Gasteiger partial charge in [-0.2, -0.15) is 5.10 Å². The molecule has 0 aromatic carbocycles. The number of nitrogens with zero attached hydrogens (tertiary/aromatic N) is 2. The number of hydrogen-bond acceptors (Lipinski definition) is 5. The maximum Gasteiger partial charge on any atom is 0.259 e. The van der Waals surface area contributed by atoms with Crippen LogP contribution in [0, 0.1) is 19.8 Å². The van der Waals surface area contributed by atoms with Crippen molar-refractivity contribution in [3.63, 3.8) is 0 Å². The number of carbonyl (C=O) groups is 1. The van der Waals surface area contributed by atoms with Gasteiger partial charge in [0.1, 0.15) is 10.7 Å². The van der Waals surface area contributed by atoms with E-state index in [4.69, 9.17) is 0 Å². The summed E-state index contributed by atoms with van der Waals surface area (Å²) in [5.41, 5.74) is 4.41. The number of nitrogens with one attached hydrogen (secondary N) is 2. The van der Waals surface area contributed by atoms with Gasteiger partial charge in [0.15, 0.2) is 0 Å². The second-order valence-electron chi connectivity index (χ2n) is 6.55. The number of thiophene rings is 1. The van der Waals surface area contributed by atoms with Crippen LogP contribution in [-0.2, 0) is 11.2 Å². The monoisotopic (exact) mass is 346 g/mol. The molecule has 6 nitrogen and oxygen atoms in total. The highest BCUT2D eigenvalue weighted by Crippen LogP contribution is 2.25. The largest absolute Gasteiger partial charge is 0.309 e. The Morgan fingerprint density at radius 1 is 1.38 bits per heavy atom. The van der Waals surface area contributed by atoms with Crippen LogP contribution in [0.4, 0.5) is 0 Å². The van der Waals surface area contributed by atoms with Crippen molar-refractivity contribution in [2.24, 2.45) is 11.0 Å². The second kappa shape index (κ2) is 6.84. The minimum atomic E-state index is -0.256. The fourth-order valence-corrected chi connectivity index (χ4v) is 3.97. The van der Waals surface area contributed by atoms with Crippen molar-refractivity contribution < 1.29 is 4.79 Å². The highest BCUT2D eigenvalue weighted by molar-refractivity contribution is 7.18. The summed E-state index contributed by atoms with van der Waals surface area (Å²) in [6.07, 6.45) is 4.15. The summed E-state index contributed by atoms with van der Waals surface area (Å²) in [5, 5.41) is 4.84. The number of fused-ring (bicyclic) bond motifs is 1. The first-order chi connectivity index (χ1) is 11.4. The molecule has 0 spiro atoms. The summed E-state index contributed by atoms with van der Waals surface area (Å²) < 4.78 is 0. The lowest BCUT2D eigenvalue weighted by Crippen LogP contribution is -2.25. The summed E-state index contributed by atoms with van der Waals surface area (Å²) in [7, 11) is 0. The summed E-state index contributed by atoms with van der Waals surface area (Å²) in [6.45, 7) is 6.12. The molecule has 0 unspecified atom stereocenters. The van der Waals surface area contributed by atoms with Gasteiger partial charge in [-0.1, -0.05) is 6.92 Å². The van der Waals surface area contributed by atoms with Gasteiger partial charge in [0.2, 0.25) is 5.91 Å². The minimum Gasteiger partial charge on any atom is -0.309 e. The summed E-state index contributed by atoms with van der Waals surface area (Å²) in [4.78, 5) is 33.1. The molecule has 2 aromatic heterocycles. The Hall–Kier alpha value is -2.02. The summed E-state index contributed by atoms with van der Waals surface area (Å²) >= 11 is 1.48. The molecule has 1 saturated carbocycles. The maximum absolute atomic E-state index is 12.2. The summed E-state index contributed by atoms with van der Waals surface area (Å²) in [5.74, 6) is 0.857. The van der Waals surface area contributed by atoms with E-state index in [-0.39, 0.29) is 17.9 Å². The quantitative estimate of drug-likeness (QED) is 0.838. The van der Waals surface area contributed by atoms with E-state index < -0.39 is 0 Å². The molecule has 0 saturated heterocycles. The molecule has 0 bridgehead atoms. The molecular weight excluding hydrogens is 324 g/mol. The summed E-state index contributed by atoms with van der Waals surface area (Å²) in [6, 6.07) is 0.